The van der Waals surface area contributed by atoms with E-state index >= 15 is 0 Å². The lowest BCUT2D eigenvalue weighted by Gasteiger charge is -2.20. The molecule has 2 aromatic rings. The van der Waals surface area contributed by atoms with E-state index in [4.69, 9.17) is 14.2 Å². The summed E-state index contributed by atoms with van der Waals surface area (Å²) in [7, 11) is 1.56. The number of hydrogen-bond donors (Lipinski definition) is 2. The molecular formula is C22H24N2O5. The third-order valence-electron chi connectivity index (χ3n) is 4.22. The van der Waals surface area contributed by atoms with Gasteiger partial charge in [-0.2, -0.15) is 0 Å². The Bertz CT molecular complexity index is 902. The van der Waals surface area contributed by atoms with Gasteiger partial charge in [-0.05, 0) is 48.0 Å². The molecule has 2 aromatic carbocycles. The highest BCUT2D eigenvalue weighted by atomic mass is 16.6. The molecule has 0 atom stereocenters. The van der Waals surface area contributed by atoms with Gasteiger partial charge in [0.1, 0.15) is 13.2 Å². The van der Waals surface area contributed by atoms with Crippen molar-refractivity contribution in [3.63, 3.8) is 0 Å². The summed E-state index contributed by atoms with van der Waals surface area (Å²) in [6.07, 6.45) is 3.10. The van der Waals surface area contributed by atoms with Crippen molar-refractivity contribution in [1.29, 1.82) is 0 Å². The molecule has 0 unspecified atom stereocenters. The van der Waals surface area contributed by atoms with E-state index in [0.29, 0.717) is 41.8 Å². The van der Waals surface area contributed by atoms with Crippen LogP contribution in [0.15, 0.2) is 42.5 Å². The van der Waals surface area contributed by atoms with Gasteiger partial charge in [-0.15, -0.1) is 0 Å². The molecule has 7 heteroatoms. The number of rotatable bonds is 6. The highest BCUT2D eigenvalue weighted by Gasteiger charge is 2.17. The van der Waals surface area contributed by atoms with Crippen molar-refractivity contribution in [2.24, 2.45) is 5.92 Å². The van der Waals surface area contributed by atoms with Crippen molar-refractivity contribution in [3.8, 4) is 17.2 Å². The highest BCUT2D eigenvalue weighted by molar-refractivity contribution is 6.02. The third kappa shape index (κ3) is 5.28. The Morgan fingerprint density at radius 1 is 1.03 bits per heavy atom. The van der Waals surface area contributed by atoms with Gasteiger partial charge in [0.2, 0.25) is 17.6 Å². The van der Waals surface area contributed by atoms with Crippen LogP contribution in [0.1, 0.15) is 19.4 Å². The number of anilines is 2. The van der Waals surface area contributed by atoms with Crippen LogP contribution in [0.2, 0.25) is 0 Å². The third-order valence-corrected chi connectivity index (χ3v) is 4.22. The molecule has 1 heterocycles. The number of methoxy groups -OCH3 is 1. The molecule has 0 spiro atoms. The second-order valence-electron chi connectivity index (χ2n) is 6.79. The second-order valence-corrected chi connectivity index (χ2v) is 6.79. The van der Waals surface area contributed by atoms with Gasteiger partial charge in [0.05, 0.1) is 7.11 Å². The van der Waals surface area contributed by atoms with Crippen LogP contribution in [0, 0.1) is 5.92 Å². The van der Waals surface area contributed by atoms with Crippen LogP contribution in [0.25, 0.3) is 6.08 Å². The summed E-state index contributed by atoms with van der Waals surface area (Å²) in [5.74, 6) is 1.29. The summed E-state index contributed by atoms with van der Waals surface area (Å²) in [5, 5.41) is 5.59. The fourth-order valence-electron chi connectivity index (χ4n) is 2.67. The van der Waals surface area contributed by atoms with Crippen LogP contribution in [0.4, 0.5) is 11.4 Å². The zero-order valence-corrected chi connectivity index (χ0v) is 16.7. The number of hydrogen-bond acceptors (Lipinski definition) is 5. The monoisotopic (exact) mass is 396 g/mol. The largest absolute Gasteiger partial charge is 0.493 e. The maximum Gasteiger partial charge on any atom is 0.248 e. The molecule has 1 aliphatic rings. The molecule has 0 aromatic heterocycles. The molecule has 0 aliphatic carbocycles. The van der Waals surface area contributed by atoms with E-state index in [1.807, 2.05) is 13.8 Å². The normalized spacial score (nSPS) is 12.7. The zero-order valence-electron chi connectivity index (χ0n) is 16.7. The first-order valence-corrected chi connectivity index (χ1v) is 9.34. The Hall–Kier alpha value is -3.48. The smallest absolute Gasteiger partial charge is 0.248 e. The minimum atomic E-state index is -0.280. The van der Waals surface area contributed by atoms with E-state index in [9.17, 15) is 9.59 Å². The van der Waals surface area contributed by atoms with Gasteiger partial charge in [0.25, 0.3) is 0 Å². The van der Waals surface area contributed by atoms with Crippen molar-refractivity contribution >= 4 is 29.3 Å². The van der Waals surface area contributed by atoms with Crippen molar-refractivity contribution in [1.82, 2.24) is 0 Å². The first-order chi connectivity index (χ1) is 14.0. The number of nitrogens with one attached hydrogen (secondary N) is 2. The molecule has 152 valence electrons. The molecule has 0 bridgehead atoms. The first-order valence-electron chi connectivity index (χ1n) is 9.34. The Morgan fingerprint density at radius 2 is 1.69 bits per heavy atom. The predicted octanol–water partition coefficient (Wildman–Crippen LogP) is 3.71. The molecule has 7 nitrogen and oxygen atoms in total. The first kappa shape index (κ1) is 20.3. The lowest BCUT2D eigenvalue weighted by atomic mass is 10.1. The van der Waals surface area contributed by atoms with Gasteiger partial charge >= 0.3 is 0 Å². The van der Waals surface area contributed by atoms with Gasteiger partial charge in [-0.3, -0.25) is 9.59 Å². The summed E-state index contributed by atoms with van der Waals surface area (Å²) in [4.78, 5) is 23.9. The molecular weight excluding hydrogens is 372 g/mol. The minimum absolute atomic E-state index is 0.0559. The van der Waals surface area contributed by atoms with Crippen LogP contribution in [-0.4, -0.2) is 32.1 Å². The highest BCUT2D eigenvalue weighted by Crippen LogP contribution is 2.40. The van der Waals surface area contributed by atoms with Gasteiger partial charge in [-0.25, -0.2) is 0 Å². The number of ether oxygens (including phenoxy) is 3. The summed E-state index contributed by atoms with van der Waals surface area (Å²) < 4.78 is 16.5. The molecule has 0 saturated carbocycles. The lowest BCUT2D eigenvalue weighted by molar-refractivity contribution is -0.119. The summed E-state index contributed by atoms with van der Waals surface area (Å²) in [6, 6.07) is 10.5. The van der Waals surface area contributed by atoms with E-state index < -0.39 is 0 Å². The summed E-state index contributed by atoms with van der Waals surface area (Å²) in [6.45, 7) is 4.60. The lowest BCUT2D eigenvalue weighted by Crippen LogP contribution is -2.17. The second kappa shape index (κ2) is 9.14. The van der Waals surface area contributed by atoms with Crippen molar-refractivity contribution in [2.45, 2.75) is 13.8 Å². The van der Waals surface area contributed by atoms with Crippen molar-refractivity contribution in [3.05, 3.63) is 48.0 Å². The minimum Gasteiger partial charge on any atom is -0.493 e. The SMILES string of the molecule is COc1cc(/C=C/C(=O)Nc2ccc(NC(=O)C(C)C)cc2)cc2c1OCCO2. The van der Waals surface area contributed by atoms with Crippen LogP contribution >= 0.6 is 0 Å². The van der Waals surface area contributed by atoms with E-state index in [1.54, 1.807) is 49.6 Å². The Labute approximate surface area is 169 Å². The molecule has 1 aliphatic heterocycles. The fourth-order valence-corrected chi connectivity index (χ4v) is 2.67. The Morgan fingerprint density at radius 3 is 2.34 bits per heavy atom. The van der Waals surface area contributed by atoms with Crippen molar-refractivity contribution in [2.75, 3.05) is 31.0 Å². The number of carbonyl (C=O) groups is 2. The molecule has 0 radical (unpaired) electrons. The maximum atomic E-state index is 12.2. The van der Waals surface area contributed by atoms with Gasteiger partial charge < -0.3 is 24.8 Å². The molecule has 3 rings (SSSR count). The Kier molecular flexibility index (Phi) is 6.39. The van der Waals surface area contributed by atoms with Crippen LogP contribution in [0.3, 0.4) is 0 Å². The van der Waals surface area contributed by atoms with Gasteiger partial charge in [0.15, 0.2) is 11.5 Å². The predicted molar refractivity (Wildman–Crippen MR) is 112 cm³/mol. The maximum absolute atomic E-state index is 12.2. The van der Waals surface area contributed by atoms with E-state index in [0.717, 1.165) is 5.56 Å². The zero-order chi connectivity index (χ0) is 20.8. The average Bonchev–Trinajstić information content (AvgIpc) is 2.73. The Balaban J connectivity index is 1.63. The summed E-state index contributed by atoms with van der Waals surface area (Å²) >= 11 is 0. The van der Waals surface area contributed by atoms with Gasteiger partial charge in [-0.1, -0.05) is 13.8 Å². The van der Waals surface area contributed by atoms with E-state index in [2.05, 4.69) is 10.6 Å². The molecule has 0 fully saturated rings. The fraction of sp³-hybridized carbons (Fsp3) is 0.273. The quantitative estimate of drug-likeness (QED) is 0.727. The molecule has 2 amide bonds. The van der Waals surface area contributed by atoms with Gasteiger partial charge in [0, 0.05) is 23.4 Å². The molecule has 2 N–H and O–H groups in total. The standard InChI is InChI=1S/C22H24N2O5/c1-14(2)22(26)24-17-7-5-16(6-8-17)23-20(25)9-4-15-12-18(27-3)21-19(13-15)28-10-11-29-21/h4-9,12-14H,10-11H2,1-3H3,(H,23,25)(H,24,26)/b9-4+. The molecule has 0 saturated heterocycles. The van der Waals surface area contributed by atoms with Crippen LogP contribution in [0.5, 0.6) is 17.2 Å². The van der Waals surface area contributed by atoms with E-state index in [-0.39, 0.29) is 17.7 Å². The summed E-state index contributed by atoms with van der Waals surface area (Å²) in [5.41, 5.74) is 2.07. The number of fused-ring (bicyclic) bond motifs is 1. The number of benzene rings is 2. The van der Waals surface area contributed by atoms with Crippen LogP contribution in [-0.2, 0) is 9.59 Å². The van der Waals surface area contributed by atoms with E-state index in [1.165, 1.54) is 6.08 Å². The topological polar surface area (TPSA) is 85.9 Å². The number of carbonyl (C=O) groups excluding carboxylic acids is 2. The van der Waals surface area contributed by atoms with Crippen molar-refractivity contribution < 1.29 is 23.8 Å². The van der Waals surface area contributed by atoms with Crippen LogP contribution < -0.4 is 24.8 Å². The number of amides is 2. The average molecular weight is 396 g/mol. The molecule has 29 heavy (non-hydrogen) atoms.